The molecule has 0 aromatic carbocycles. The molecule has 0 bridgehead atoms. The molecule has 1 aliphatic heterocycles. The molecule has 0 saturated carbocycles. The quantitative estimate of drug-likeness (QED) is 0.468. The molecule has 1 saturated heterocycles. The Morgan fingerprint density at radius 1 is 1.42 bits per heavy atom. The molecule has 0 amide bonds. The second kappa shape index (κ2) is 6.37. The van der Waals surface area contributed by atoms with Crippen molar-refractivity contribution in [1.29, 1.82) is 0 Å². The van der Waals surface area contributed by atoms with Crippen LogP contribution in [0.25, 0.3) is 0 Å². The van der Waals surface area contributed by atoms with E-state index in [1.54, 1.807) is 13.8 Å². The van der Waals surface area contributed by atoms with Crippen LogP contribution in [-0.2, 0) is 4.74 Å². The fourth-order valence-corrected chi connectivity index (χ4v) is 0.957. The molecule has 0 radical (unpaired) electrons. The van der Waals surface area contributed by atoms with Gasteiger partial charge in [0.25, 0.3) is 0 Å². The normalized spacial score (nSPS) is 35.2. The summed E-state index contributed by atoms with van der Waals surface area (Å²) < 4.78 is 5.05. The molecule has 1 heterocycles. The first-order chi connectivity index (χ1) is 5.63. The third-order valence-corrected chi connectivity index (χ3v) is 1.67. The van der Waals surface area contributed by atoms with Gasteiger partial charge in [-0.25, -0.2) is 0 Å². The molecule has 12 heavy (non-hydrogen) atoms. The number of rotatable bonds is 0. The van der Waals surface area contributed by atoms with E-state index in [1.165, 1.54) is 0 Å². The summed E-state index contributed by atoms with van der Waals surface area (Å²) in [7, 11) is 0. The highest BCUT2D eigenvalue weighted by molar-refractivity contribution is 4.77. The van der Waals surface area contributed by atoms with Crippen molar-refractivity contribution in [2.45, 2.75) is 38.6 Å². The first-order valence-electron chi connectivity index (χ1n) is 4.22. The third-order valence-electron chi connectivity index (χ3n) is 1.67. The van der Waals surface area contributed by atoms with Crippen molar-refractivity contribution in [3.05, 3.63) is 0 Å². The summed E-state index contributed by atoms with van der Waals surface area (Å²) in [5.41, 5.74) is 0. The first-order valence-corrected chi connectivity index (χ1v) is 4.22. The Hall–Kier alpha value is -0.160. The van der Waals surface area contributed by atoms with E-state index in [1.807, 2.05) is 0 Å². The zero-order valence-electron chi connectivity index (χ0n) is 7.60. The Balaban J connectivity index is 0.000000354. The predicted molar refractivity (Wildman–Crippen MR) is 44.8 cm³/mol. The van der Waals surface area contributed by atoms with Gasteiger partial charge in [-0.15, -0.1) is 0 Å². The topological polar surface area (TPSA) is 69.9 Å². The van der Waals surface area contributed by atoms with Gasteiger partial charge in [-0.2, -0.15) is 0 Å². The lowest BCUT2D eigenvalue weighted by molar-refractivity contribution is -0.127. The molecule has 0 spiro atoms. The Bertz CT molecular complexity index is 97.2. The Morgan fingerprint density at radius 3 is 2.25 bits per heavy atom. The highest BCUT2D eigenvalue weighted by atomic mass is 16.5. The average Bonchev–Trinajstić information content (AvgIpc) is 2.02. The van der Waals surface area contributed by atoms with Crippen LogP contribution in [0, 0.1) is 0 Å². The van der Waals surface area contributed by atoms with Gasteiger partial charge in [0.15, 0.2) is 0 Å². The second-order valence-corrected chi connectivity index (χ2v) is 2.74. The predicted octanol–water partition coefficient (Wildman–Crippen LogP) is -0.484. The molecular formula is C8H18O4. The summed E-state index contributed by atoms with van der Waals surface area (Å²) in [4.78, 5) is 0. The van der Waals surface area contributed by atoms with E-state index in [0.29, 0.717) is 13.0 Å². The largest absolute Gasteiger partial charge is 0.397 e. The van der Waals surface area contributed by atoms with E-state index in [2.05, 4.69) is 0 Å². The van der Waals surface area contributed by atoms with E-state index >= 15 is 0 Å². The van der Waals surface area contributed by atoms with Crippen molar-refractivity contribution in [3.63, 3.8) is 0 Å². The zero-order chi connectivity index (χ0) is 9.56. The summed E-state index contributed by atoms with van der Waals surface area (Å²) in [6.45, 7) is 4.24. The number of hydrogen-bond donors (Lipinski definition) is 3. The fraction of sp³-hybridized carbons (Fsp3) is 1.00. The number of ether oxygens (including phenoxy) is 1. The molecule has 1 fully saturated rings. The third kappa shape index (κ3) is 4.01. The minimum Gasteiger partial charge on any atom is -0.397 e. The number of aliphatic hydroxyl groups is 3. The van der Waals surface area contributed by atoms with Crippen LogP contribution in [0.1, 0.15) is 20.3 Å². The average molecular weight is 178 g/mol. The minimum atomic E-state index is -0.696. The van der Waals surface area contributed by atoms with Crippen LogP contribution in [0.2, 0.25) is 0 Å². The van der Waals surface area contributed by atoms with Gasteiger partial charge >= 0.3 is 0 Å². The van der Waals surface area contributed by atoms with Gasteiger partial charge in [-0.3, -0.25) is 0 Å². The number of aliphatic hydroxyl groups excluding tert-OH is 3. The fourth-order valence-electron chi connectivity index (χ4n) is 0.957. The molecule has 74 valence electrons. The summed E-state index contributed by atoms with van der Waals surface area (Å²) >= 11 is 0. The molecule has 3 N–H and O–H groups in total. The first kappa shape index (κ1) is 11.8. The van der Waals surface area contributed by atoms with Gasteiger partial charge in [-0.05, 0) is 20.3 Å². The van der Waals surface area contributed by atoms with E-state index in [9.17, 15) is 0 Å². The van der Waals surface area contributed by atoms with Crippen LogP contribution in [0.15, 0.2) is 0 Å². The van der Waals surface area contributed by atoms with Gasteiger partial charge in [-0.1, -0.05) is 0 Å². The Labute approximate surface area is 72.8 Å². The Kier molecular flexibility index (Phi) is 6.28. The molecule has 4 nitrogen and oxygen atoms in total. The van der Waals surface area contributed by atoms with E-state index < -0.39 is 12.2 Å². The van der Waals surface area contributed by atoms with Crippen LogP contribution in [0.3, 0.4) is 0 Å². The van der Waals surface area contributed by atoms with Crippen LogP contribution < -0.4 is 0 Å². The van der Waals surface area contributed by atoms with Crippen LogP contribution >= 0.6 is 0 Å². The highest BCUT2D eigenvalue weighted by Gasteiger charge is 2.27. The molecule has 0 aromatic heterocycles. The van der Waals surface area contributed by atoms with E-state index in [-0.39, 0.29) is 12.7 Å². The molecule has 0 aliphatic carbocycles. The molecule has 4 heteroatoms. The maximum Gasteiger partial charge on any atom is 0.106 e. The second-order valence-electron chi connectivity index (χ2n) is 2.74. The smallest absolute Gasteiger partial charge is 0.106 e. The van der Waals surface area contributed by atoms with Gasteiger partial charge in [0.05, 0.1) is 12.2 Å². The summed E-state index contributed by atoms with van der Waals surface area (Å²) in [5, 5.41) is 25.7. The lowest BCUT2D eigenvalue weighted by Gasteiger charge is -2.29. The lowest BCUT2D eigenvalue weighted by atomic mass is 10.0. The summed E-state index contributed by atoms with van der Waals surface area (Å²) in [5.74, 6) is 0. The minimum absolute atomic E-state index is 0.214. The van der Waals surface area contributed by atoms with Crippen LogP contribution in [0.4, 0.5) is 0 Å². The zero-order valence-corrected chi connectivity index (χ0v) is 7.60. The van der Waals surface area contributed by atoms with Gasteiger partial charge in [0, 0.05) is 13.2 Å². The van der Waals surface area contributed by atoms with Crippen molar-refractivity contribution in [2.24, 2.45) is 0 Å². The molecular weight excluding hydrogens is 160 g/mol. The summed E-state index contributed by atoms with van der Waals surface area (Å²) in [6, 6.07) is 0. The van der Waals surface area contributed by atoms with Gasteiger partial charge in [0.1, 0.15) is 6.10 Å². The summed E-state index contributed by atoms with van der Waals surface area (Å²) in [6.07, 6.45) is -0.952. The highest BCUT2D eigenvalue weighted by Crippen LogP contribution is 2.13. The van der Waals surface area contributed by atoms with Crippen molar-refractivity contribution in [3.8, 4) is 0 Å². The molecule has 1 rings (SSSR count). The standard InChI is InChI=1S/C6H12O3.C2H6O/c1-4-6(8)5(7)2-3-9-4;1-2-3/h4-8H,2-3H2,1H3;3H,2H2,1H3. The Morgan fingerprint density at radius 2 is 1.92 bits per heavy atom. The molecule has 0 aromatic rings. The van der Waals surface area contributed by atoms with Crippen molar-refractivity contribution < 1.29 is 20.1 Å². The van der Waals surface area contributed by atoms with Crippen LogP contribution in [0.5, 0.6) is 0 Å². The molecule has 1 aliphatic rings. The SMILES string of the molecule is CC1OCCC(O)C1O.CCO. The maximum atomic E-state index is 9.07. The van der Waals surface area contributed by atoms with Crippen molar-refractivity contribution in [2.75, 3.05) is 13.2 Å². The monoisotopic (exact) mass is 178 g/mol. The van der Waals surface area contributed by atoms with Crippen molar-refractivity contribution >= 4 is 0 Å². The molecule has 3 atom stereocenters. The van der Waals surface area contributed by atoms with E-state index in [0.717, 1.165) is 0 Å². The van der Waals surface area contributed by atoms with E-state index in [4.69, 9.17) is 20.1 Å². The number of hydrogen-bond acceptors (Lipinski definition) is 4. The molecule has 3 unspecified atom stereocenters. The lowest BCUT2D eigenvalue weighted by Crippen LogP contribution is -2.42. The van der Waals surface area contributed by atoms with Gasteiger partial charge in [0.2, 0.25) is 0 Å². The van der Waals surface area contributed by atoms with Gasteiger partial charge < -0.3 is 20.1 Å². The van der Waals surface area contributed by atoms with Crippen LogP contribution in [-0.4, -0.2) is 46.8 Å². The maximum absolute atomic E-state index is 9.07. The van der Waals surface area contributed by atoms with Crippen molar-refractivity contribution in [1.82, 2.24) is 0 Å².